The van der Waals surface area contributed by atoms with Crippen LogP contribution in [0.3, 0.4) is 0 Å². The first kappa shape index (κ1) is 18.2. The molecule has 26 heavy (non-hydrogen) atoms. The van der Waals surface area contributed by atoms with Gasteiger partial charge in [-0.1, -0.05) is 30.3 Å². The van der Waals surface area contributed by atoms with E-state index in [4.69, 9.17) is 0 Å². The number of fused-ring (bicyclic) bond motifs is 1. The molecule has 3 rings (SSSR count). The lowest BCUT2D eigenvalue weighted by atomic mass is 10.1. The van der Waals surface area contributed by atoms with E-state index in [0.29, 0.717) is 29.0 Å². The number of nitrogens with zero attached hydrogens (tertiary/aromatic N) is 1. The molecular weight excluding hydrogens is 348 g/mol. The van der Waals surface area contributed by atoms with Crippen LogP contribution in [0.2, 0.25) is 0 Å². The number of anilines is 1. The van der Waals surface area contributed by atoms with Gasteiger partial charge in [0, 0.05) is 5.69 Å². The van der Waals surface area contributed by atoms with Crippen molar-refractivity contribution in [2.45, 2.75) is 19.4 Å². The number of nitrogens with one attached hydrogen (secondary N) is 1. The molecule has 0 unspecified atom stereocenters. The number of aryl methyl sites for hydroxylation is 1. The Morgan fingerprint density at radius 3 is 2.19 bits per heavy atom. The Kier molecular flexibility index (Phi) is 5.42. The van der Waals surface area contributed by atoms with Crippen LogP contribution in [0, 0.1) is 6.92 Å². The predicted molar refractivity (Wildman–Crippen MR) is 104 cm³/mol. The van der Waals surface area contributed by atoms with Crippen LogP contribution in [0.15, 0.2) is 48.5 Å². The quantitative estimate of drug-likeness (QED) is 0.794. The molecule has 0 fully saturated rings. The van der Waals surface area contributed by atoms with Gasteiger partial charge in [-0.2, -0.15) is 11.8 Å². The van der Waals surface area contributed by atoms with Crippen molar-refractivity contribution in [3.63, 3.8) is 0 Å². The molecule has 1 N–H and O–H groups in total. The van der Waals surface area contributed by atoms with Crippen LogP contribution in [0.1, 0.15) is 32.7 Å². The normalized spacial score (nSPS) is 14.3. The van der Waals surface area contributed by atoms with E-state index in [9.17, 15) is 14.4 Å². The zero-order chi connectivity index (χ0) is 18.7. The van der Waals surface area contributed by atoms with E-state index in [2.05, 4.69) is 5.32 Å². The average Bonchev–Trinajstić information content (AvgIpc) is 2.89. The van der Waals surface area contributed by atoms with Crippen LogP contribution in [0.5, 0.6) is 0 Å². The van der Waals surface area contributed by atoms with Crippen molar-refractivity contribution in [1.82, 2.24) is 4.90 Å². The molecular formula is C20H20N2O3S. The van der Waals surface area contributed by atoms with E-state index in [1.165, 1.54) is 0 Å². The van der Waals surface area contributed by atoms with Crippen molar-refractivity contribution in [2.75, 3.05) is 17.3 Å². The Morgan fingerprint density at radius 1 is 1.04 bits per heavy atom. The van der Waals surface area contributed by atoms with Gasteiger partial charge in [-0.25, -0.2) is 0 Å². The number of carbonyl (C=O) groups excluding carboxylic acids is 3. The summed E-state index contributed by atoms with van der Waals surface area (Å²) in [5.74, 6) is -0.490. The first-order valence-corrected chi connectivity index (χ1v) is 9.76. The Labute approximate surface area is 156 Å². The Morgan fingerprint density at radius 2 is 1.62 bits per heavy atom. The second kappa shape index (κ2) is 7.74. The summed E-state index contributed by atoms with van der Waals surface area (Å²) in [4.78, 5) is 39.5. The Hall–Kier alpha value is -2.60. The minimum atomic E-state index is -0.838. The van der Waals surface area contributed by atoms with Crippen molar-refractivity contribution in [3.05, 3.63) is 65.2 Å². The summed E-state index contributed by atoms with van der Waals surface area (Å²) < 4.78 is 0. The summed E-state index contributed by atoms with van der Waals surface area (Å²) >= 11 is 1.57. The van der Waals surface area contributed by atoms with E-state index < -0.39 is 17.9 Å². The third-order valence-corrected chi connectivity index (χ3v) is 5.08. The molecule has 0 spiro atoms. The third-order valence-electron chi connectivity index (χ3n) is 4.44. The lowest BCUT2D eigenvalue weighted by Crippen LogP contribution is -2.47. The van der Waals surface area contributed by atoms with Crippen LogP contribution in [0.25, 0.3) is 0 Å². The smallest absolute Gasteiger partial charge is 0.262 e. The second-order valence-corrected chi connectivity index (χ2v) is 7.11. The van der Waals surface area contributed by atoms with E-state index in [1.54, 1.807) is 42.1 Å². The highest BCUT2D eigenvalue weighted by Crippen LogP contribution is 2.27. The van der Waals surface area contributed by atoms with E-state index in [0.717, 1.165) is 10.5 Å². The molecule has 0 saturated heterocycles. The van der Waals surface area contributed by atoms with E-state index >= 15 is 0 Å². The topological polar surface area (TPSA) is 66.5 Å². The minimum absolute atomic E-state index is 0.345. The molecule has 0 aliphatic carbocycles. The van der Waals surface area contributed by atoms with Gasteiger partial charge in [-0.15, -0.1) is 0 Å². The highest BCUT2D eigenvalue weighted by Gasteiger charge is 2.42. The molecule has 0 bridgehead atoms. The molecule has 3 amide bonds. The lowest BCUT2D eigenvalue weighted by molar-refractivity contribution is -0.120. The Bertz CT molecular complexity index is 831. The predicted octanol–water partition coefficient (Wildman–Crippen LogP) is 3.35. The molecule has 1 aliphatic heterocycles. The van der Waals surface area contributed by atoms with Gasteiger partial charge in [0.15, 0.2) is 0 Å². The van der Waals surface area contributed by atoms with Gasteiger partial charge >= 0.3 is 0 Å². The molecule has 2 aromatic carbocycles. The maximum absolute atomic E-state index is 12.9. The number of thioether (sulfide) groups is 1. The number of hydrogen-bond donors (Lipinski definition) is 1. The number of amides is 3. The number of hydrogen-bond acceptors (Lipinski definition) is 4. The van der Waals surface area contributed by atoms with E-state index in [-0.39, 0.29) is 5.91 Å². The van der Waals surface area contributed by atoms with Gasteiger partial charge < -0.3 is 5.32 Å². The molecule has 6 heteroatoms. The standard InChI is InChI=1S/C20H20N2O3S/c1-13-7-3-6-10-16(13)21-18(23)17(11-12-26-2)22-19(24)14-8-4-5-9-15(14)20(22)25/h3-10,17H,11-12H2,1-2H3,(H,21,23)/t17-/m0/s1. The highest BCUT2D eigenvalue weighted by atomic mass is 32.2. The fourth-order valence-electron chi connectivity index (χ4n) is 3.03. The molecule has 2 aromatic rings. The van der Waals surface area contributed by atoms with Gasteiger partial charge in [0.05, 0.1) is 11.1 Å². The highest BCUT2D eigenvalue weighted by molar-refractivity contribution is 7.98. The summed E-state index contributed by atoms with van der Waals surface area (Å²) in [6.45, 7) is 1.90. The van der Waals surface area contributed by atoms with Crippen molar-refractivity contribution in [2.24, 2.45) is 0 Å². The number of benzene rings is 2. The van der Waals surface area contributed by atoms with Gasteiger partial charge in [0.25, 0.3) is 11.8 Å². The lowest BCUT2D eigenvalue weighted by Gasteiger charge is -2.25. The van der Waals surface area contributed by atoms with Crippen LogP contribution >= 0.6 is 11.8 Å². The monoisotopic (exact) mass is 368 g/mol. The van der Waals surface area contributed by atoms with Crippen molar-refractivity contribution >= 4 is 35.2 Å². The van der Waals surface area contributed by atoms with Gasteiger partial charge in [0.2, 0.25) is 5.91 Å². The Balaban J connectivity index is 1.89. The number of carbonyl (C=O) groups is 3. The summed E-state index contributed by atoms with van der Waals surface area (Å²) in [6, 6.07) is 13.3. The third kappa shape index (κ3) is 3.37. The molecule has 1 aliphatic rings. The van der Waals surface area contributed by atoms with Crippen LogP contribution in [0.4, 0.5) is 5.69 Å². The number of rotatable bonds is 6. The van der Waals surface area contributed by atoms with Crippen molar-refractivity contribution in [3.8, 4) is 0 Å². The fraction of sp³-hybridized carbons (Fsp3) is 0.250. The number of imide groups is 1. The maximum atomic E-state index is 12.9. The largest absolute Gasteiger partial charge is 0.324 e. The summed E-state index contributed by atoms with van der Waals surface area (Å²) in [5.41, 5.74) is 2.32. The van der Waals surface area contributed by atoms with Crippen molar-refractivity contribution in [1.29, 1.82) is 0 Å². The van der Waals surface area contributed by atoms with E-state index in [1.807, 2.05) is 31.4 Å². The van der Waals surface area contributed by atoms with Crippen LogP contribution in [-0.2, 0) is 4.79 Å². The molecule has 1 atom stereocenters. The van der Waals surface area contributed by atoms with Gasteiger partial charge in [0.1, 0.15) is 6.04 Å². The first-order chi connectivity index (χ1) is 12.5. The van der Waals surface area contributed by atoms with Crippen LogP contribution < -0.4 is 5.32 Å². The minimum Gasteiger partial charge on any atom is -0.324 e. The van der Waals surface area contributed by atoms with Gasteiger partial charge in [-0.3, -0.25) is 19.3 Å². The molecule has 134 valence electrons. The second-order valence-electron chi connectivity index (χ2n) is 6.13. The average molecular weight is 368 g/mol. The molecule has 0 saturated carbocycles. The zero-order valence-corrected chi connectivity index (χ0v) is 15.5. The molecule has 0 aromatic heterocycles. The molecule has 5 nitrogen and oxygen atoms in total. The zero-order valence-electron chi connectivity index (χ0n) is 14.7. The first-order valence-electron chi connectivity index (χ1n) is 8.37. The van der Waals surface area contributed by atoms with Gasteiger partial charge in [-0.05, 0) is 49.1 Å². The molecule has 0 radical (unpaired) electrons. The van der Waals surface area contributed by atoms with Crippen LogP contribution in [-0.4, -0.2) is 40.7 Å². The fourth-order valence-corrected chi connectivity index (χ4v) is 3.49. The van der Waals surface area contributed by atoms with Crippen molar-refractivity contribution < 1.29 is 14.4 Å². The number of para-hydroxylation sites is 1. The summed E-state index contributed by atoms with van der Waals surface area (Å²) in [6.07, 6.45) is 2.34. The summed E-state index contributed by atoms with van der Waals surface area (Å²) in [5, 5.41) is 2.87. The summed E-state index contributed by atoms with van der Waals surface area (Å²) in [7, 11) is 0. The maximum Gasteiger partial charge on any atom is 0.262 e. The SMILES string of the molecule is CSCC[C@@H](C(=O)Nc1ccccc1C)N1C(=O)c2ccccc2C1=O. The molecule has 1 heterocycles.